The molecule has 9 nitrogen and oxygen atoms in total. The van der Waals surface area contributed by atoms with Crippen molar-refractivity contribution in [3.05, 3.63) is 64.1 Å². The quantitative estimate of drug-likeness (QED) is 0.555. The second kappa shape index (κ2) is 7.19. The minimum atomic E-state index is -1.05. The van der Waals surface area contributed by atoms with Crippen molar-refractivity contribution in [3.8, 4) is 0 Å². The first-order valence-electron chi connectivity index (χ1n) is 7.81. The van der Waals surface area contributed by atoms with E-state index in [4.69, 9.17) is 0 Å². The van der Waals surface area contributed by atoms with Crippen LogP contribution in [0.25, 0.3) is 0 Å². The molecule has 4 amide bonds. The maximum Gasteiger partial charge on any atom is 0.329 e. The fourth-order valence-electron chi connectivity index (χ4n) is 2.50. The van der Waals surface area contributed by atoms with Crippen molar-refractivity contribution in [2.24, 2.45) is 0 Å². The third-order valence-electron chi connectivity index (χ3n) is 3.84. The van der Waals surface area contributed by atoms with Gasteiger partial charge in [-0.15, -0.1) is 0 Å². The molecule has 0 aliphatic carbocycles. The molecule has 3 rings (SSSR count). The number of nitrogens with zero attached hydrogens (tertiary/aromatic N) is 1. The van der Waals surface area contributed by atoms with Crippen LogP contribution >= 0.6 is 0 Å². The first kappa shape index (κ1) is 17.4. The Balaban J connectivity index is 1.60. The second-order valence-corrected chi connectivity index (χ2v) is 5.68. The Labute approximate surface area is 147 Å². The number of hydrogen-bond donors (Lipinski definition) is 4. The zero-order valence-electron chi connectivity index (χ0n) is 13.6. The van der Waals surface area contributed by atoms with Crippen molar-refractivity contribution >= 4 is 23.5 Å². The van der Waals surface area contributed by atoms with Gasteiger partial charge < -0.3 is 15.4 Å². The molecule has 0 bridgehead atoms. The Hall–Kier alpha value is -3.46. The third kappa shape index (κ3) is 3.78. The van der Waals surface area contributed by atoms with Gasteiger partial charge in [-0.1, -0.05) is 6.07 Å². The molecular weight excluding hydrogens is 340 g/mol. The summed E-state index contributed by atoms with van der Waals surface area (Å²) in [7, 11) is 0. The van der Waals surface area contributed by atoms with Crippen LogP contribution in [0, 0.1) is 0 Å². The first-order chi connectivity index (χ1) is 12.4. The minimum absolute atomic E-state index is 0.0636. The molecule has 1 aliphatic rings. The number of carbonyl (C=O) groups excluding carboxylic acids is 3. The molecule has 2 aromatic rings. The van der Waals surface area contributed by atoms with Crippen molar-refractivity contribution in [1.82, 2.24) is 15.6 Å². The number of carbonyl (C=O) groups is 3. The number of anilines is 1. The number of aliphatic hydroxyl groups is 1. The zero-order valence-corrected chi connectivity index (χ0v) is 13.6. The van der Waals surface area contributed by atoms with Gasteiger partial charge in [0.15, 0.2) is 0 Å². The number of H-pyrrole nitrogens is 1. The van der Waals surface area contributed by atoms with E-state index in [2.05, 4.69) is 15.6 Å². The summed E-state index contributed by atoms with van der Waals surface area (Å²) in [5, 5.41) is 14.7. The van der Waals surface area contributed by atoms with Crippen LogP contribution in [-0.2, 0) is 4.79 Å². The summed E-state index contributed by atoms with van der Waals surface area (Å²) in [4.78, 5) is 50.0. The van der Waals surface area contributed by atoms with Crippen molar-refractivity contribution < 1.29 is 19.5 Å². The molecule has 0 radical (unpaired) electrons. The van der Waals surface area contributed by atoms with Crippen LogP contribution < -0.4 is 21.1 Å². The molecule has 9 heteroatoms. The average molecular weight is 356 g/mol. The fourth-order valence-corrected chi connectivity index (χ4v) is 2.50. The molecule has 134 valence electrons. The van der Waals surface area contributed by atoms with E-state index in [0.29, 0.717) is 16.9 Å². The van der Waals surface area contributed by atoms with Gasteiger partial charge in [0.25, 0.3) is 5.91 Å². The SMILES string of the molecule is O=C1CN(c2ccc(C(=O)NCC(O)c3cccc(=O)[nH]3)cc2)C(=O)N1. The van der Waals surface area contributed by atoms with E-state index in [9.17, 15) is 24.3 Å². The molecule has 1 fully saturated rings. The highest BCUT2D eigenvalue weighted by Crippen LogP contribution is 2.17. The van der Waals surface area contributed by atoms with E-state index in [-0.39, 0.29) is 24.6 Å². The van der Waals surface area contributed by atoms with Crippen LogP contribution in [-0.4, -0.2) is 41.0 Å². The summed E-state index contributed by atoms with van der Waals surface area (Å²) in [6.07, 6.45) is -1.05. The molecule has 0 spiro atoms. The first-order valence-corrected chi connectivity index (χ1v) is 7.81. The number of aromatic amines is 1. The molecule has 0 saturated carbocycles. The average Bonchev–Trinajstić information content (AvgIpc) is 2.97. The lowest BCUT2D eigenvalue weighted by molar-refractivity contribution is -0.117. The number of aliphatic hydroxyl groups excluding tert-OH is 1. The molecule has 26 heavy (non-hydrogen) atoms. The van der Waals surface area contributed by atoms with Crippen LogP contribution in [0.1, 0.15) is 22.2 Å². The summed E-state index contributed by atoms with van der Waals surface area (Å²) >= 11 is 0. The number of hydrogen-bond acceptors (Lipinski definition) is 5. The highest BCUT2D eigenvalue weighted by atomic mass is 16.3. The van der Waals surface area contributed by atoms with E-state index >= 15 is 0 Å². The monoisotopic (exact) mass is 356 g/mol. The Bertz CT molecular complexity index is 906. The van der Waals surface area contributed by atoms with Gasteiger partial charge in [0.05, 0.1) is 0 Å². The van der Waals surface area contributed by atoms with E-state index in [1.165, 1.54) is 29.2 Å². The highest BCUT2D eigenvalue weighted by Gasteiger charge is 2.27. The number of urea groups is 1. The third-order valence-corrected chi connectivity index (χ3v) is 3.84. The van der Waals surface area contributed by atoms with E-state index in [1.54, 1.807) is 18.2 Å². The molecule has 1 aromatic carbocycles. The van der Waals surface area contributed by atoms with Gasteiger partial charge in [-0.25, -0.2) is 4.79 Å². The van der Waals surface area contributed by atoms with Crippen molar-refractivity contribution in [1.29, 1.82) is 0 Å². The van der Waals surface area contributed by atoms with Crippen molar-refractivity contribution in [2.45, 2.75) is 6.10 Å². The van der Waals surface area contributed by atoms with E-state index < -0.39 is 18.0 Å². The smallest absolute Gasteiger partial charge is 0.329 e. The predicted molar refractivity (Wildman–Crippen MR) is 91.7 cm³/mol. The predicted octanol–water partition coefficient (Wildman–Crippen LogP) is -0.106. The number of aromatic nitrogens is 1. The molecule has 1 atom stereocenters. The summed E-state index contributed by atoms with van der Waals surface area (Å²) in [5.41, 5.74) is 0.783. The Morgan fingerprint density at radius 3 is 2.50 bits per heavy atom. The van der Waals surface area contributed by atoms with Gasteiger partial charge in [-0.05, 0) is 30.3 Å². The lowest BCUT2D eigenvalue weighted by atomic mass is 10.1. The molecular formula is C17H16N4O5. The van der Waals surface area contributed by atoms with Crippen LogP contribution in [0.2, 0.25) is 0 Å². The van der Waals surface area contributed by atoms with Gasteiger partial charge in [0, 0.05) is 29.6 Å². The van der Waals surface area contributed by atoms with Gasteiger partial charge in [0.1, 0.15) is 12.6 Å². The normalized spacial score (nSPS) is 14.9. The van der Waals surface area contributed by atoms with Gasteiger partial charge in [0.2, 0.25) is 11.5 Å². The summed E-state index contributed by atoms with van der Waals surface area (Å²) in [6, 6.07) is 10.0. The molecule has 1 aromatic heterocycles. The number of rotatable bonds is 5. The Kier molecular flexibility index (Phi) is 4.81. The topological polar surface area (TPSA) is 132 Å². The van der Waals surface area contributed by atoms with Gasteiger partial charge >= 0.3 is 6.03 Å². The van der Waals surface area contributed by atoms with Gasteiger partial charge in [-0.3, -0.25) is 24.6 Å². The molecule has 1 aliphatic heterocycles. The fraction of sp³-hybridized carbons (Fsp3) is 0.176. The molecule has 4 N–H and O–H groups in total. The lowest BCUT2D eigenvalue weighted by Crippen LogP contribution is -2.30. The van der Waals surface area contributed by atoms with Crippen LogP contribution in [0.5, 0.6) is 0 Å². The standard InChI is InChI=1S/C17H16N4O5/c22-13(12-2-1-3-14(23)19-12)8-18-16(25)10-4-6-11(7-5-10)21-9-15(24)20-17(21)26/h1-7,13,22H,8-9H2,(H,18,25)(H,19,23)(H,20,24,26). The van der Waals surface area contributed by atoms with Crippen LogP contribution in [0.15, 0.2) is 47.3 Å². The Morgan fingerprint density at radius 2 is 1.88 bits per heavy atom. The van der Waals surface area contributed by atoms with Crippen molar-refractivity contribution in [3.63, 3.8) is 0 Å². The summed E-state index contributed by atoms with van der Waals surface area (Å²) in [5.74, 6) is -0.805. The molecule has 1 unspecified atom stereocenters. The number of benzene rings is 1. The number of amides is 4. The maximum atomic E-state index is 12.2. The van der Waals surface area contributed by atoms with Gasteiger partial charge in [-0.2, -0.15) is 0 Å². The summed E-state index contributed by atoms with van der Waals surface area (Å²) in [6.45, 7) is -0.143. The zero-order chi connectivity index (χ0) is 18.7. The second-order valence-electron chi connectivity index (χ2n) is 5.68. The number of nitrogens with one attached hydrogen (secondary N) is 3. The van der Waals surface area contributed by atoms with E-state index in [1.807, 2.05) is 0 Å². The molecule has 1 saturated heterocycles. The number of imide groups is 1. The largest absolute Gasteiger partial charge is 0.385 e. The van der Waals surface area contributed by atoms with E-state index in [0.717, 1.165) is 0 Å². The van der Waals surface area contributed by atoms with Crippen LogP contribution in [0.3, 0.4) is 0 Å². The van der Waals surface area contributed by atoms with Crippen LogP contribution in [0.4, 0.5) is 10.5 Å². The minimum Gasteiger partial charge on any atom is -0.385 e. The van der Waals surface area contributed by atoms with Crippen molar-refractivity contribution in [2.75, 3.05) is 18.0 Å². The highest BCUT2D eigenvalue weighted by molar-refractivity contribution is 6.12. The Morgan fingerprint density at radius 1 is 1.15 bits per heavy atom. The maximum absolute atomic E-state index is 12.2. The molecule has 2 heterocycles. The number of pyridine rings is 1. The lowest BCUT2D eigenvalue weighted by Gasteiger charge is -2.14. The summed E-state index contributed by atoms with van der Waals surface area (Å²) < 4.78 is 0.